The zero-order valence-corrected chi connectivity index (χ0v) is 22.1. The Kier molecular flexibility index (Phi) is 8.28. The number of nitrogens with zero attached hydrogens (tertiary/aromatic N) is 2. The number of rotatable bonds is 7. The number of nitrogens with one attached hydrogen (secondary N) is 1. The lowest BCUT2D eigenvalue weighted by Crippen LogP contribution is -2.39. The number of sulfonamides is 1. The molecule has 1 N–H and O–H groups in total. The van der Waals surface area contributed by atoms with Gasteiger partial charge in [0.05, 0.1) is 21.8 Å². The Morgan fingerprint density at radius 2 is 1.46 bits per heavy atom. The minimum atomic E-state index is -4.03. The van der Waals surface area contributed by atoms with Crippen molar-refractivity contribution in [2.45, 2.75) is 44.4 Å². The maximum Gasteiger partial charge on any atom is 0.264 e. The van der Waals surface area contributed by atoms with Gasteiger partial charge in [-0.05, 0) is 62.6 Å². The van der Waals surface area contributed by atoms with Crippen molar-refractivity contribution in [1.29, 1.82) is 0 Å². The van der Waals surface area contributed by atoms with Gasteiger partial charge in [0.25, 0.3) is 15.9 Å². The Morgan fingerprint density at radius 1 is 0.838 bits per heavy atom. The quantitative estimate of drug-likeness (QED) is 0.468. The number of hydrogen-bond acceptors (Lipinski definition) is 4. The van der Waals surface area contributed by atoms with Crippen LogP contribution in [0.25, 0.3) is 0 Å². The molecule has 1 heterocycles. The van der Waals surface area contributed by atoms with Crippen molar-refractivity contribution in [3.8, 4) is 0 Å². The first-order chi connectivity index (χ1) is 17.8. The van der Waals surface area contributed by atoms with E-state index in [0.29, 0.717) is 30.0 Å². The molecule has 0 spiro atoms. The summed E-state index contributed by atoms with van der Waals surface area (Å²) in [5.74, 6) is -0.657. The predicted molar refractivity (Wildman–Crippen MR) is 146 cm³/mol. The first-order valence-electron chi connectivity index (χ1n) is 12.6. The fraction of sp³-hybridized carbons (Fsp3) is 0.310. The maximum atomic E-state index is 13.7. The topological polar surface area (TPSA) is 86.8 Å². The highest BCUT2D eigenvalue weighted by Crippen LogP contribution is 2.27. The van der Waals surface area contributed by atoms with Gasteiger partial charge in [0, 0.05) is 13.1 Å². The van der Waals surface area contributed by atoms with Gasteiger partial charge in [0.1, 0.15) is 6.54 Å². The van der Waals surface area contributed by atoms with Crippen LogP contribution in [0.1, 0.15) is 47.2 Å². The van der Waals surface area contributed by atoms with Gasteiger partial charge in [-0.15, -0.1) is 0 Å². The van der Waals surface area contributed by atoms with E-state index in [0.717, 1.165) is 41.1 Å². The Morgan fingerprint density at radius 3 is 2.14 bits per heavy atom. The molecule has 8 heteroatoms. The number of carbonyl (C=O) groups is 2. The summed E-state index contributed by atoms with van der Waals surface area (Å²) in [7, 11) is -4.03. The summed E-state index contributed by atoms with van der Waals surface area (Å²) in [5.41, 5.74) is 2.86. The molecule has 0 radical (unpaired) electrons. The summed E-state index contributed by atoms with van der Waals surface area (Å²) in [6, 6.07) is 20.5. The van der Waals surface area contributed by atoms with Crippen molar-refractivity contribution in [2.24, 2.45) is 0 Å². The monoisotopic (exact) mass is 519 g/mol. The molecule has 194 valence electrons. The largest absolute Gasteiger partial charge is 0.339 e. The molecule has 2 amide bonds. The molecule has 1 fully saturated rings. The molecule has 0 unspecified atom stereocenters. The van der Waals surface area contributed by atoms with Crippen LogP contribution in [0, 0.1) is 13.8 Å². The summed E-state index contributed by atoms with van der Waals surface area (Å²) in [5, 5.41) is 2.81. The van der Waals surface area contributed by atoms with Gasteiger partial charge in [-0.1, -0.05) is 60.9 Å². The zero-order chi connectivity index (χ0) is 26.4. The van der Waals surface area contributed by atoms with Gasteiger partial charge in [-0.3, -0.25) is 13.9 Å². The van der Waals surface area contributed by atoms with E-state index in [-0.39, 0.29) is 10.8 Å². The van der Waals surface area contributed by atoms with Gasteiger partial charge in [0.2, 0.25) is 5.91 Å². The van der Waals surface area contributed by atoms with Crippen molar-refractivity contribution in [1.82, 2.24) is 4.90 Å². The van der Waals surface area contributed by atoms with Crippen LogP contribution >= 0.6 is 0 Å². The first kappa shape index (κ1) is 26.4. The second-order valence-electron chi connectivity index (χ2n) is 9.41. The summed E-state index contributed by atoms with van der Waals surface area (Å²) >= 11 is 0. The van der Waals surface area contributed by atoms with Crippen LogP contribution in [0.2, 0.25) is 0 Å². The Labute approximate surface area is 219 Å². The molecule has 37 heavy (non-hydrogen) atoms. The van der Waals surface area contributed by atoms with E-state index in [1.165, 1.54) is 0 Å². The standard InChI is InChI=1S/C29H33N3O4S/c1-22-15-17-24(18-16-22)37(35,36)32(27-14-8-5-11-23(27)2)21-28(33)30-26-13-7-6-12-25(26)29(34)31-19-9-3-4-10-20-31/h5-8,11-18H,3-4,9-10,19-21H2,1-2H3,(H,30,33). The van der Waals surface area contributed by atoms with Crippen molar-refractivity contribution in [3.05, 3.63) is 89.5 Å². The third kappa shape index (κ3) is 6.20. The normalized spacial score (nSPS) is 14.1. The van der Waals surface area contributed by atoms with Crippen LogP contribution in [-0.4, -0.2) is 44.8 Å². The first-order valence-corrected chi connectivity index (χ1v) is 14.0. The molecule has 0 aliphatic carbocycles. The van der Waals surface area contributed by atoms with Gasteiger partial charge < -0.3 is 10.2 Å². The molecule has 1 aliphatic rings. The molecule has 1 saturated heterocycles. The van der Waals surface area contributed by atoms with E-state index < -0.39 is 22.5 Å². The van der Waals surface area contributed by atoms with E-state index in [4.69, 9.17) is 0 Å². The van der Waals surface area contributed by atoms with Crippen LogP contribution in [0.5, 0.6) is 0 Å². The molecule has 0 atom stereocenters. The number of aryl methyl sites for hydroxylation is 2. The maximum absolute atomic E-state index is 13.7. The molecular formula is C29H33N3O4S. The van der Waals surface area contributed by atoms with E-state index in [2.05, 4.69) is 5.32 Å². The number of carbonyl (C=O) groups excluding carboxylic acids is 2. The molecule has 0 bridgehead atoms. The second-order valence-corrected chi connectivity index (χ2v) is 11.3. The number of hydrogen-bond donors (Lipinski definition) is 1. The average molecular weight is 520 g/mol. The third-order valence-electron chi connectivity index (χ3n) is 6.61. The second kappa shape index (κ2) is 11.6. The number of amides is 2. The lowest BCUT2D eigenvalue weighted by molar-refractivity contribution is -0.114. The molecule has 0 aromatic heterocycles. The molecular weight excluding hydrogens is 486 g/mol. The number of anilines is 2. The SMILES string of the molecule is Cc1ccc(S(=O)(=O)N(CC(=O)Nc2ccccc2C(=O)N2CCCCCC2)c2ccccc2C)cc1. The fourth-order valence-electron chi connectivity index (χ4n) is 4.52. The van der Waals surface area contributed by atoms with E-state index in [1.54, 1.807) is 73.7 Å². The van der Waals surface area contributed by atoms with Gasteiger partial charge in [-0.2, -0.15) is 0 Å². The minimum Gasteiger partial charge on any atom is -0.339 e. The average Bonchev–Trinajstić information content (AvgIpc) is 3.18. The van der Waals surface area contributed by atoms with Crippen molar-refractivity contribution >= 4 is 33.2 Å². The summed E-state index contributed by atoms with van der Waals surface area (Å²) < 4.78 is 28.5. The molecule has 4 rings (SSSR count). The van der Waals surface area contributed by atoms with Crippen molar-refractivity contribution in [2.75, 3.05) is 29.3 Å². The lowest BCUT2D eigenvalue weighted by Gasteiger charge is -2.26. The van der Waals surface area contributed by atoms with Crippen molar-refractivity contribution < 1.29 is 18.0 Å². The van der Waals surface area contributed by atoms with Gasteiger partial charge in [-0.25, -0.2) is 8.42 Å². The van der Waals surface area contributed by atoms with Crippen LogP contribution < -0.4 is 9.62 Å². The van der Waals surface area contributed by atoms with E-state index >= 15 is 0 Å². The van der Waals surface area contributed by atoms with Crippen LogP contribution in [0.4, 0.5) is 11.4 Å². The Bertz CT molecular complexity index is 1360. The summed E-state index contributed by atoms with van der Waals surface area (Å²) in [4.78, 5) is 28.5. The minimum absolute atomic E-state index is 0.103. The third-order valence-corrected chi connectivity index (χ3v) is 8.38. The Hall–Kier alpha value is -3.65. The van der Waals surface area contributed by atoms with Gasteiger partial charge >= 0.3 is 0 Å². The van der Waals surface area contributed by atoms with Crippen LogP contribution in [-0.2, 0) is 14.8 Å². The highest BCUT2D eigenvalue weighted by molar-refractivity contribution is 7.92. The zero-order valence-electron chi connectivity index (χ0n) is 21.3. The number of likely N-dealkylation sites (tertiary alicyclic amines) is 1. The molecule has 0 saturated carbocycles. The predicted octanol–water partition coefficient (Wildman–Crippen LogP) is 5.15. The van der Waals surface area contributed by atoms with Gasteiger partial charge in [0.15, 0.2) is 0 Å². The van der Waals surface area contributed by atoms with E-state index in [1.807, 2.05) is 17.9 Å². The summed E-state index contributed by atoms with van der Waals surface area (Å²) in [6.07, 6.45) is 4.13. The lowest BCUT2D eigenvalue weighted by atomic mass is 10.1. The Balaban J connectivity index is 1.62. The molecule has 7 nitrogen and oxygen atoms in total. The van der Waals surface area contributed by atoms with Crippen molar-refractivity contribution in [3.63, 3.8) is 0 Å². The highest BCUT2D eigenvalue weighted by Gasteiger charge is 2.29. The number of para-hydroxylation sites is 2. The van der Waals surface area contributed by atoms with Crippen LogP contribution in [0.15, 0.2) is 77.7 Å². The van der Waals surface area contributed by atoms with Crippen LogP contribution in [0.3, 0.4) is 0 Å². The number of benzene rings is 3. The molecule has 3 aromatic rings. The molecule has 3 aromatic carbocycles. The molecule has 1 aliphatic heterocycles. The summed E-state index contributed by atoms with van der Waals surface area (Å²) in [6.45, 7) is 4.63. The fourth-order valence-corrected chi connectivity index (χ4v) is 6.01. The smallest absolute Gasteiger partial charge is 0.264 e. The van der Waals surface area contributed by atoms with E-state index in [9.17, 15) is 18.0 Å². The highest BCUT2D eigenvalue weighted by atomic mass is 32.2.